The number of aromatic nitrogens is 1. The van der Waals surface area contributed by atoms with Crippen molar-refractivity contribution in [3.8, 4) is 16.8 Å². The fraction of sp³-hybridized carbons (Fsp3) is 0.0417. The lowest BCUT2D eigenvalue weighted by Gasteiger charge is -2.33. The van der Waals surface area contributed by atoms with Gasteiger partial charge < -0.3 is 18.3 Å². The van der Waals surface area contributed by atoms with Crippen molar-refractivity contribution in [2.24, 2.45) is 0 Å². The predicted octanol–water partition coefficient (Wildman–Crippen LogP) is 13.1. The van der Waals surface area contributed by atoms with Crippen molar-refractivity contribution in [3.05, 3.63) is 181 Å². The molecule has 0 spiro atoms. The van der Waals surface area contributed by atoms with Crippen molar-refractivity contribution < 1.29 is 8.83 Å². The molecule has 0 bridgehead atoms. The third-order valence-corrected chi connectivity index (χ3v) is 11.4. The van der Waals surface area contributed by atoms with Crippen molar-refractivity contribution in [1.29, 1.82) is 0 Å². The van der Waals surface area contributed by atoms with E-state index in [9.17, 15) is 0 Å². The number of nitrogens with zero attached hydrogens (tertiary/aromatic N) is 2. The minimum absolute atomic E-state index is 0.0412. The first kappa shape index (κ1) is 28.0. The lowest BCUT2D eigenvalue weighted by Crippen LogP contribution is -2.24. The molecule has 0 N–H and O–H groups in total. The van der Waals surface area contributed by atoms with Crippen LogP contribution < -0.4 is 4.90 Å². The Kier molecular flexibility index (Phi) is 5.58. The summed E-state index contributed by atoms with van der Waals surface area (Å²) in [5.74, 6) is 1.13. The highest BCUT2D eigenvalue weighted by molar-refractivity contribution is 6.24. The lowest BCUT2D eigenvalue weighted by atomic mass is 9.84. The van der Waals surface area contributed by atoms with Gasteiger partial charge in [0.25, 0.3) is 0 Å². The molecule has 1 aliphatic carbocycles. The van der Waals surface area contributed by atoms with Crippen LogP contribution in [0.25, 0.3) is 77.6 Å². The Balaban J connectivity index is 1.15. The molecule has 4 nitrogen and oxygen atoms in total. The smallest absolute Gasteiger partial charge is 0.137 e. The molecular weight excluding hydrogens is 637 g/mol. The summed E-state index contributed by atoms with van der Waals surface area (Å²) in [4.78, 5) is 2.57. The van der Waals surface area contributed by atoms with Crippen LogP contribution in [-0.4, -0.2) is 4.57 Å². The SMILES string of the molecule is C1=CC2c3ccccc3N(c3ccccc3-c3ccccc3-n3c4ccccc4c4ccc5oc6ccccc6c5c43)C2c2c1oc1ccccc21. The van der Waals surface area contributed by atoms with Crippen LogP contribution in [0.15, 0.2) is 173 Å². The van der Waals surface area contributed by atoms with E-state index >= 15 is 0 Å². The summed E-state index contributed by atoms with van der Waals surface area (Å²) in [6, 6.07) is 56.7. The van der Waals surface area contributed by atoms with E-state index in [1.807, 2.05) is 6.07 Å². The molecule has 0 saturated carbocycles. The Morgan fingerprint density at radius 1 is 0.462 bits per heavy atom. The number of anilines is 2. The zero-order valence-corrected chi connectivity index (χ0v) is 28.0. The lowest BCUT2D eigenvalue weighted by molar-refractivity contribution is 0.573. The molecule has 2 aliphatic rings. The Labute approximate surface area is 299 Å². The van der Waals surface area contributed by atoms with Gasteiger partial charge in [0.15, 0.2) is 0 Å². The van der Waals surface area contributed by atoms with E-state index in [1.165, 1.54) is 49.7 Å². The van der Waals surface area contributed by atoms with E-state index in [4.69, 9.17) is 8.83 Å². The Morgan fingerprint density at radius 3 is 1.94 bits per heavy atom. The molecule has 244 valence electrons. The molecule has 12 rings (SSSR count). The molecule has 3 aromatic heterocycles. The summed E-state index contributed by atoms with van der Waals surface area (Å²) in [5.41, 5.74) is 13.5. The van der Waals surface area contributed by atoms with E-state index in [0.29, 0.717) is 0 Å². The van der Waals surface area contributed by atoms with Gasteiger partial charge in [-0.3, -0.25) is 0 Å². The van der Waals surface area contributed by atoms with Crippen LogP contribution in [0.1, 0.15) is 28.8 Å². The summed E-state index contributed by atoms with van der Waals surface area (Å²) in [6.45, 7) is 0. The number of para-hydroxylation sites is 6. The van der Waals surface area contributed by atoms with Crippen LogP contribution >= 0.6 is 0 Å². The van der Waals surface area contributed by atoms with Crippen molar-refractivity contribution in [2.45, 2.75) is 12.0 Å². The monoisotopic (exact) mass is 666 g/mol. The molecule has 0 amide bonds. The first-order chi connectivity index (χ1) is 25.8. The number of hydrogen-bond donors (Lipinski definition) is 0. The van der Waals surface area contributed by atoms with Crippen LogP contribution in [0, 0.1) is 0 Å². The topological polar surface area (TPSA) is 34.5 Å². The Morgan fingerprint density at radius 2 is 1.10 bits per heavy atom. The highest BCUT2D eigenvalue weighted by atomic mass is 16.3. The van der Waals surface area contributed by atoms with Gasteiger partial charge in [0.05, 0.1) is 28.1 Å². The first-order valence-corrected chi connectivity index (χ1v) is 17.9. The highest BCUT2D eigenvalue weighted by Crippen LogP contribution is 2.59. The van der Waals surface area contributed by atoms with Crippen LogP contribution in [0.5, 0.6) is 0 Å². The molecule has 0 radical (unpaired) electrons. The van der Waals surface area contributed by atoms with E-state index in [2.05, 4.69) is 173 Å². The summed E-state index contributed by atoms with van der Waals surface area (Å²) >= 11 is 0. The quantitative estimate of drug-likeness (QED) is 0.188. The fourth-order valence-electron chi connectivity index (χ4n) is 9.29. The van der Waals surface area contributed by atoms with Gasteiger partial charge in [-0.1, -0.05) is 115 Å². The van der Waals surface area contributed by atoms with Gasteiger partial charge >= 0.3 is 0 Å². The molecule has 10 aromatic rings. The maximum absolute atomic E-state index is 6.48. The van der Waals surface area contributed by atoms with Gasteiger partial charge in [0.1, 0.15) is 22.5 Å². The summed E-state index contributed by atoms with van der Waals surface area (Å²) in [7, 11) is 0. The average molecular weight is 667 g/mol. The standard InChI is InChI=1S/C48H30N2O2/c1-7-19-37(49-39-21-9-3-15-31(39)33-25-27-43-45(47(33)49)35-17-5-11-23-41(35)51-43)29(13-1)30-14-2-8-20-38(30)50-40-22-10-4-16-32(40)34-26-28-44-46(48(34)50)36-18-6-12-24-42(36)52-44/h1-28,33,47H. The molecule has 2 atom stereocenters. The number of rotatable bonds is 3. The van der Waals surface area contributed by atoms with Gasteiger partial charge in [-0.2, -0.15) is 0 Å². The summed E-state index contributed by atoms with van der Waals surface area (Å²) in [6.07, 6.45) is 4.52. The average Bonchev–Trinajstić information content (AvgIpc) is 3.95. The van der Waals surface area contributed by atoms with Crippen LogP contribution in [0.3, 0.4) is 0 Å². The molecule has 0 fully saturated rings. The molecule has 1 aliphatic heterocycles. The zero-order valence-electron chi connectivity index (χ0n) is 28.0. The Hall–Kier alpha value is -6.78. The van der Waals surface area contributed by atoms with Gasteiger partial charge in [-0.15, -0.1) is 0 Å². The number of benzene rings is 7. The van der Waals surface area contributed by atoms with Crippen LogP contribution in [-0.2, 0) is 0 Å². The minimum Gasteiger partial charge on any atom is -0.456 e. The van der Waals surface area contributed by atoms with Gasteiger partial charge in [-0.25, -0.2) is 0 Å². The van der Waals surface area contributed by atoms with Gasteiger partial charge in [0.2, 0.25) is 0 Å². The molecule has 4 heteroatoms. The van der Waals surface area contributed by atoms with Gasteiger partial charge in [-0.05, 0) is 60.2 Å². The second-order valence-corrected chi connectivity index (χ2v) is 14.0. The van der Waals surface area contributed by atoms with Crippen LogP contribution in [0.4, 0.5) is 11.4 Å². The second-order valence-electron chi connectivity index (χ2n) is 14.0. The molecule has 52 heavy (non-hydrogen) atoms. The number of furan rings is 2. The minimum atomic E-state index is 0.0412. The second kappa shape index (κ2) is 10.4. The maximum Gasteiger partial charge on any atom is 0.137 e. The third-order valence-electron chi connectivity index (χ3n) is 11.4. The maximum atomic E-state index is 6.48. The van der Waals surface area contributed by atoms with Crippen molar-refractivity contribution in [1.82, 2.24) is 4.57 Å². The normalized spacial score (nSPS) is 16.3. The molecule has 4 heterocycles. The fourth-order valence-corrected chi connectivity index (χ4v) is 9.29. The zero-order chi connectivity index (χ0) is 33.9. The van der Waals surface area contributed by atoms with Crippen molar-refractivity contribution >= 4 is 72.2 Å². The largest absolute Gasteiger partial charge is 0.456 e. The Bertz CT molecular complexity index is 3120. The number of fused-ring (bicyclic) bond motifs is 14. The van der Waals surface area contributed by atoms with E-state index in [-0.39, 0.29) is 12.0 Å². The molecule has 0 saturated heterocycles. The molecular formula is C48H30N2O2. The van der Waals surface area contributed by atoms with Gasteiger partial charge in [0, 0.05) is 55.5 Å². The molecule has 7 aromatic carbocycles. The molecule has 2 unspecified atom stereocenters. The predicted molar refractivity (Wildman–Crippen MR) is 213 cm³/mol. The van der Waals surface area contributed by atoms with Crippen molar-refractivity contribution in [2.75, 3.05) is 4.90 Å². The summed E-state index contributed by atoms with van der Waals surface area (Å²) < 4.78 is 15.4. The van der Waals surface area contributed by atoms with Crippen molar-refractivity contribution in [3.63, 3.8) is 0 Å². The first-order valence-electron chi connectivity index (χ1n) is 17.9. The number of hydrogen-bond acceptors (Lipinski definition) is 3. The van der Waals surface area contributed by atoms with Crippen LogP contribution in [0.2, 0.25) is 0 Å². The van der Waals surface area contributed by atoms with E-state index < -0.39 is 0 Å². The van der Waals surface area contributed by atoms with E-state index in [1.54, 1.807) is 0 Å². The summed E-state index contributed by atoms with van der Waals surface area (Å²) in [5, 5.41) is 5.87. The van der Waals surface area contributed by atoms with E-state index in [0.717, 1.165) is 50.0 Å². The highest BCUT2D eigenvalue weighted by Gasteiger charge is 2.44. The third kappa shape index (κ3) is 3.65.